The van der Waals surface area contributed by atoms with E-state index in [9.17, 15) is 14.0 Å². The Balaban J connectivity index is 1.82. The molecule has 138 valence electrons. The number of esters is 1. The van der Waals surface area contributed by atoms with Crippen LogP contribution in [0.25, 0.3) is 0 Å². The molecule has 0 bridgehead atoms. The number of hydrogen-bond donors (Lipinski definition) is 1. The molecule has 1 aromatic carbocycles. The molecule has 0 saturated heterocycles. The molecule has 5 nitrogen and oxygen atoms in total. The lowest BCUT2D eigenvalue weighted by atomic mass is 10.1. The first-order chi connectivity index (χ1) is 12.0. The molecule has 0 radical (unpaired) electrons. The van der Waals surface area contributed by atoms with E-state index in [4.69, 9.17) is 9.47 Å². The maximum absolute atomic E-state index is 13.6. The molecular weight excluding hydrogens is 325 g/mol. The van der Waals surface area contributed by atoms with Crippen molar-refractivity contribution in [1.29, 1.82) is 0 Å². The van der Waals surface area contributed by atoms with Crippen molar-refractivity contribution in [1.82, 2.24) is 5.32 Å². The zero-order valence-corrected chi connectivity index (χ0v) is 14.8. The third-order valence-electron chi connectivity index (χ3n) is 4.44. The van der Waals surface area contributed by atoms with Crippen molar-refractivity contribution in [3.8, 4) is 5.75 Å². The molecule has 0 unspecified atom stereocenters. The van der Waals surface area contributed by atoms with Crippen LogP contribution in [0.4, 0.5) is 4.39 Å². The van der Waals surface area contributed by atoms with Crippen LogP contribution in [0.15, 0.2) is 18.2 Å². The second-order valence-electron chi connectivity index (χ2n) is 6.47. The summed E-state index contributed by atoms with van der Waals surface area (Å²) in [7, 11) is 1.38. The van der Waals surface area contributed by atoms with Crippen LogP contribution in [0.1, 0.15) is 51.0 Å². The fourth-order valence-electron chi connectivity index (χ4n) is 3.02. The Morgan fingerprint density at radius 3 is 2.52 bits per heavy atom. The van der Waals surface area contributed by atoms with E-state index in [1.54, 1.807) is 13.0 Å². The van der Waals surface area contributed by atoms with Crippen LogP contribution < -0.4 is 10.1 Å². The van der Waals surface area contributed by atoms with Gasteiger partial charge in [0.15, 0.2) is 17.7 Å². The van der Waals surface area contributed by atoms with E-state index in [0.717, 1.165) is 25.7 Å². The third-order valence-corrected chi connectivity index (χ3v) is 4.44. The number of benzene rings is 1. The molecule has 1 saturated carbocycles. The summed E-state index contributed by atoms with van der Waals surface area (Å²) in [6, 6.07) is 4.45. The van der Waals surface area contributed by atoms with Crippen LogP contribution in [-0.2, 0) is 20.7 Å². The minimum absolute atomic E-state index is 0.0953. The number of nitrogens with one attached hydrogen (secondary N) is 1. The van der Waals surface area contributed by atoms with E-state index in [0.29, 0.717) is 5.56 Å². The summed E-state index contributed by atoms with van der Waals surface area (Å²) in [5.74, 6) is -1.26. The minimum atomic E-state index is -0.862. The highest BCUT2D eigenvalue weighted by atomic mass is 19.1. The Bertz CT molecular complexity index is 597. The largest absolute Gasteiger partial charge is 0.494 e. The average Bonchev–Trinajstić information content (AvgIpc) is 2.83. The van der Waals surface area contributed by atoms with E-state index in [2.05, 4.69) is 5.32 Å². The molecule has 1 aromatic rings. The summed E-state index contributed by atoms with van der Waals surface area (Å²) in [5, 5.41) is 2.96. The summed E-state index contributed by atoms with van der Waals surface area (Å²) < 4.78 is 23.7. The molecule has 0 spiro atoms. The van der Waals surface area contributed by atoms with E-state index in [-0.39, 0.29) is 24.1 Å². The topological polar surface area (TPSA) is 64.6 Å². The lowest BCUT2D eigenvalue weighted by molar-refractivity contribution is -0.154. The summed E-state index contributed by atoms with van der Waals surface area (Å²) in [4.78, 5) is 24.2. The van der Waals surface area contributed by atoms with Gasteiger partial charge in [-0.2, -0.15) is 0 Å². The number of halogens is 1. The molecule has 1 atom stereocenters. The second kappa shape index (κ2) is 9.39. The van der Waals surface area contributed by atoms with Gasteiger partial charge in [0.2, 0.25) is 0 Å². The Kier molecular flexibility index (Phi) is 7.22. The number of ether oxygens (including phenoxy) is 2. The maximum Gasteiger partial charge on any atom is 0.311 e. The predicted octanol–water partition coefficient (Wildman–Crippen LogP) is 3.15. The molecule has 25 heavy (non-hydrogen) atoms. The summed E-state index contributed by atoms with van der Waals surface area (Å²) in [6.45, 7) is 1.55. The third kappa shape index (κ3) is 6.03. The van der Waals surface area contributed by atoms with Crippen molar-refractivity contribution >= 4 is 11.9 Å². The van der Waals surface area contributed by atoms with Gasteiger partial charge in [0.1, 0.15) is 0 Å². The zero-order valence-electron chi connectivity index (χ0n) is 14.8. The molecule has 1 fully saturated rings. The Morgan fingerprint density at radius 1 is 1.24 bits per heavy atom. The number of carbonyl (C=O) groups is 2. The highest BCUT2D eigenvalue weighted by molar-refractivity contribution is 5.84. The van der Waals surface area contributed by atoms with Gasteiger partial charge >= 0.3 is 5.97 Å². The highest BCUT2D eigenvalue weighted by Gasteiger charge is 2.22. The molecule has 6 heteroatoms. The smallest absolute Gasteiger partial charge is 0.311 e. The van der Waals surface area contributed by atoms with Gasteiger partial charge < -0.3 is 14.8 Å². The molecule has 0 aromatic heterocycles. The zero-order chi connectivity index (χ0) is 18.2. The van der Waals surface area contributed by atoms with Gasteiger partial charge in [0.25, 0.3) is 5.91 Å². The molecule has 0 aliphatic heterocycles. The quantitative estimate of drug-likeness (QED) is 0.632. The van der Waals surface area contributed by atoms with Crippen molar-refractivity contribution in [3.05, 3.63) is 29.6 Å². The minimum Gasteiger partial charge on any atom is -0.494 e. The normalized spacial score (nSPS) is 16.6. The van der Waals surface area contributed by atoms with Gasteiger partial charge in [-0.25, -0.2) is 4.39 Å². The van der Waals surface area contributed by atoms with Gasteiger partial charge in [-0.05, 0) is 37.5 Å². The highest BCUT2D eigenvalue weighted by Crippen LogP contribution is 2.19. The first-order valence-electron chi connectivity index (χ1n) is 8.82. The van der Waals surface area contributed by atoms with E-state index in [1.807, 2.05) is 0 Å². The standard InChI is InChI=1S/C19H26FNO4/c1-13(19(23)21-15-7-5-3-4-6-8-15)25-18(22)12-14-9-10-17(24-2)16(20)11-14/h9-11,13,15H,3-8,12H2,1-2H3,(H,21,23)/t13-/m1/s1. The molecule has 1 aliphatic carbocycles. The van der Waals surface area contributed by atoms with Crippen molar-refractivity contribution in [2.24, 2.45) is 0 Å². The van der Waals surface area contributed by atoms with Gasteiger partial charge in [-0.15, -0.1) is 0 Å². The fourth-order valence-corrected chi connectivity index (χ4v) is 3.02. The van der Waals surface area contributed by atoms with E-state index in [1.165, 1.54) is 32.1 Å². The van der Waals surface area contributed by atoms with Crippen LogP contribution in [0.3, 0.4) is 0 Å². The van der Waals surface area contributed by atoms with Gasteiger partial charge in [-0.1, -0.05) is 31.7 Å². The van der Waals surface area contributed by atoms with Crippen LogP contribution in [0.2, 0.25) is 0 Å². The predicted molar refractivity (Wildman–Crippen MR) is 91.8 cm³/mol. The first kappa shape index (κ1) is 19.2. The van der Waals surface area contributed by atoms with Crippen molar-refractivity contribution in [2.45, 2.75) is 64.0 Å². The number of rotatable bonds is 6. The van der Waals surface area contributed by atoms with Gasteiger partial charge in [-0.3, -0.25) is 9.59 Å². The van der Waals surface area contributed by atoms with Crippen molar-refractivity contribution in [3.63, 3.8) is 0 Å². The SMILES string of the molecule is COc1ccc(CC(=O)O[C@H](C)C(=O)NC2CCCCCC2)cc1F. The lowest BCUT2D eigenvalue weighted by Crippen LogP contribution is -2.42. The summed E-state index contributed by atoms with van der Waals surface area (Å²) in [6.07, 6.45) is 5.62. The monoisotopic (exact) mass is 351 g/mol. The Labute approximate surface area is 147 Å². The number of hydrogen-bond acceptors (Lipinski definition) is 4. The van der Waals surface area contributed by atoms with Gasteiger partial charge in [0, 0.05) is 6.04 Å². The summed E-state index contributed by atoms with van der Waals surface area (Å²) in [5.41, 5.74) is 0.472. The van der Waals surface area contributed by atoms with Crippen LogP contribution in [-0.4, -0.2) is 31.1 Å². The number of amides is 1. The molecule has 1 N–H and O–H groups in total. The van der Waals surface area contributed by atoms with Gasteiger partial charge in [0.05, 0.1) is 13.5 Å². The number of carbonyl (C=O) groups excluding carboxylic acids is 2. The maximum atomic E-state index is 13.6. The summed E-state index contributed by atoms with van der Waals surface area (Å²) >= 11 is 0. The van der Waals surface area contributed by atoms with E-state index < -0.39 is 17.9 Å². The molecular formula is C19H26FNO4. The number of methoxy groups -OCH3 is 1. The van der Waals surface area contributed by atoms with Crippen LogP contribution in [0, 0.1) is 5.82 Å². The second-order valence-corrected chi connectivity index (χ2v) is 6.47. The van der Waals surface area contributed by atoms with Crippen LogP contribution >= 0.6 is 0 Å². The molecule has 0 heterocycles. The molecule has 1 aliphatic rings. The van der Waals surface area contributed by atoms with Crippen LogP contribution in [0.5, 0.6) is 5.75 Å². The first-order valence-corrected chi connectivity index (χ1v) is 8.82. The van der Waals surface area contributed by atoms with E-state index >= 15 is 0 Å². The van der Waals surface area contributed by atoms with Crippen molar-refractivity contribution < 1.29 is 23.5 Å². The fraction of sp³-hybridized carbons (Fsp3) is 0.579. The molecule has 2 rings (SSSR count). The van der Waals surface area contributed by atoms with Crippen molar-refractivity contribution in [2.75, 3.05) is 7.11 Å². The average molecular weight is 351 g/mol. The Morgan fingerprint density at radius 2 is 1.92 bits per heavy atom. The lowest BCUT2D eigenvalue weighted by Gasteiger charge is -2.19. The molecule has 1 amide bonds. The Hall–Kier alpha value is -2.11.